The summed E-state index contributed by atoms with van der Waals surface area (Å²) in [5, 5.41) is 7.38. The zero-order valence-electron chi connectivity index (χ0n) is 19.3. The highest BCUT2D eigenvalue weighted by Gasteiger charge is 2.33. The highest BCUT2D eigenvalue weighted by atomic mass is 32.2. The van der Waals surface area contributed by atoms with Crippen molar-refractivity contribution in [3.05, 3.63) is 29.1 Å². The number of rotatable bonds is 6. The summed E-state index contributed by atoms with van der Waals surface area (Å²) in [6, 6.07) is 0.541. The molecule has 12 heteroatoms. The van der Waals surface area contributed by atoms with Crippen LogP contribution in [0.2, 0.25) is 0 Å². The summed E-state index contributed by atoms with van der Waals surface area (Å²) in [6.07, 6.45) is 12.4. The van der Waals surface area contributed by atoms with Crippen LogP contribution in [0.15, 0.2) is 28.3 Å². The van der Waals surface area contributed by atoms with E-state index in [1.165, 1.54) is 21.4 Å². The van der Waals surface area contributed by atoms with E-state index in [0.29, 0.717) is 31.9 Å². The summed E-state index contributed by atoms with van der Waals surface area (Å²) in [5.74, 6) is 0.501. The third kappa shape index (κ3) is 3.72. The lowest BCUT2D eigenvalue weighted by molar-refractivity contribution is 0.329. The summed E-state index contributed by atoms with van der Waals surface area (Å²) < 4.78 is 32.5. The molecule has 1 aliphatic heterocycles. The highest BCUT2D eigenvalue weighted by molar-refractivity contribution is 7.89. The van der Waals surface area contributed by atoms with Crippen molar-refractivity contribution in [2.24, 2.45) is 7.05 Å². The van der Waals surface area contributed by atoms with Gasteiger partial charge in [-0.2, -0.15) is 14.4 Å². The standard InChI is InChI=1S/C22H30N8O3S/c1-27-14-18(12-24-27)34(32,33)28-10-8-15(9-11-28)25-21-23-13-19-20(26-21)30(16-4-2-3-5-16)22(31)29(19)17-6-7-17/h12-17H,2-11H2,1H3,(H,23,25,26). The van der Waals surface area contributed by atoms with Crippen LogP contribution in [0.3, 0.4) is 0 Å². The van der Waals surface area contributed by atoms with Gasteiger partial charge in [0, 0.05) is 44.5 Å². The van der Waals surface area contributed by atoms with Crippen molar-refractivity contribution in [3.8, 4) is 0 Å². The lowest BCUT2D eigenvalue weighted by Crippen LogP contribution is -2.42. The van der Waals surface area contributed by atoms with E-state index in [-0.39, 0.29) is 28.7 Å². The van der Waals surface area contributed by atoms with Gasteiger partial charge < -0.3 is 5.32 Å². The molecule has 3 aromatic heterocycles. The van der Waals surface area contributed by atoms with Crippen LogP contribution < -0.4 is 11.0 Å². The van der Waals surface area contributed by atoms with E-state index in [9.17, 15) is 13.2 Å². The highest BCUT2D eigenvalue weighted by Crippen LogP contribution is 2.38. The Hall–Kier alpha value is -2.73. The largest absolute Gasteiger partial charge is 0.351 e. The molecule has 1 N–H and O–H groups in total. The Morgan fingerprint density at radius 3 is 2.32 bits per heavy atom. The fourth-order valence-corrected chi connectivity index (χ4v) is 6.83. The maximum absolute atomic E-state index is 13.3. The first-order valence-corrected chi connectivity index (χ1v) is 13.6. The first kappa shape index (κ1) is 21.8. The first-order valence-electron chi connectivity index (χ1n) is 12.2. The molecular formula is C22H30N8O3S. The van der Waals surface area contributed by atoms with Crippen molar-refractivity contribution in [2.75, 3.05) is 18.4 Å². The predicted molar refractivity (Wildman–Crippen MR) is 126 cm³/mol. The van der Waals surface area contributed by atoms with Gasteiger partial charge in [-0.1, -0.05) is 12.8 Å². The summed E-state index contributed by atoms with van der Waals surface area (Å²) in [7, 11) is -1.83. The number of piperidine rings is 1. The SMILES string of the molecule is Cn1cc(S(=O)(=O)N2CCC(Nc3ncc4c(n3)n(C3CCCC3)c(=O)n4C3CC3)CC2)cn1. The molecule has 0 atom stereocenters. The lowest BCUT2D eigenvalue weighted by atomic mass is 10.1. The van der Waals surface area contributed by atoms with Gasteiger partial charge in [0.15, 0.2) is 5.65 Å². The second-order valence-corrected chi connectivity index (χ2v) is 11.7. The number of sulfonamides is 1. The van der Waals surface area contributed by atoms with E-state index < -0.39 is 10.0 Å². The molecule has 34 heavy (non-hydrogen) atoms. The Kier molecular flexibility index (Phi) is 5.25. The van der Waals surface area contributed by atoms with Gasteiger partial charge >= 0.3 is 5.69 Å². The summed E-state index contributed by atoms with van der Waals surface area (Å²) in [4.78, 5) is 22.8. The topological polar surface area (TPSA) is 120 Å². The monoisotopic (exact) mass is 486 g/mol. The normalized spacial score (nSPS) is 21.0. The number of aryl methyl sites for hydroxylation is 1. The number of nitrogens with one attached hydrogen (secondary N) is 1. The Labute approximate surface area is 197 Å². The minimum absolute atomic E-state index is 0.0461. The summed E-state index contributed by atoms with van der Waals surface area (Å²) in [6.45, 7) is 0.837. The van der Waals surface area contributed by atoms with Gasteiger partial charge in [0.25, 0.3) is 0 Å². The molecule has 3 aliphatic rings. The van der Waals surface area contributed by atoms with Gasteiger partial charge in [-0.25, -0.2) is 18.2 Å². The molecule has 0 aromatic carbocycles. The van der Waals surface area contributed by atoms with Crippen molar-refractivity contribution >= 4 is 27.1 Å². The summed E-state index contributed by atoms with van der Waals surface area (Å²) >= 11 is 0. The minimum atomic E-state index is -3.54. The molecule has 6 rings (SSSR count). The second kappa shape index (κ2) is 8.19. The average Bonchev–Trinajstić information content (AvgIpc) is 3.19. The van der Waals surface area contributed by atoms with Gasteiger partial charge in [0.2, 0.25) is 16.0 Å². The molecule has 3 fully saturated rings. The number of nitrogens with zero attached hydrogens (tertiary/aromatic N) is 7. The smallest absolute Gasteiger partial charge is 0.330 e. The molecule has 0 spiro atoms. The van der Waals surface area contributed by atoms with Crippen molar-refractivity contribution in [1.82, 2.24) is 33.2 Å². The van der Waals surface area contributed by atoms with Crippen molar-refractivity contribution in [2.45, 2.75) is 74.4 Å². The number of anilines is 1. The Bertz CT molecular complexity index is 1370. The lowest BCUT2D eigenvalue weighted by Gasteiger charge is -2.31. The Morgan fingerprint density at radius 2 is 1.68 bits per heavy atom. The van der Waals surface area contributed by atoms with Crippen molar-refractivity contribution in [1.29, 1.82) is 0 Å². The quantitative estimate of drug-likeness (QED) is 0.566. The van der Waals surface area contributed by atoms with Gasteiger partial charge in [0.1, 0.15) is 10.4 Å². The maximum Gasteiger partial charge on any atom is 0.330 e. The zero-order chi connectivity index (χ0) is 23.4. The molecular weight excluding hydrogens is 456 g/mol. The molecule has 3 aromatic rings. The number of imidazole rings is 1. The molecule has 11 nitrogen and oxygen atoms in total. The van der Waals surface area contributed by atoms with E-state index in [4.69, 9.17) is 4.98 Å². The van der Waals surface area contributed by atoms with Crippen LogP contribution in [-0.4, -0.2) is 60.7 Å². The number of aromatic nitrogens is 6. The second-order valence-electron chi connectivity index (χ2n) is 9.77. The molecule has 182 valence electrons. The van der Waals surface area contributed by atoms with Crippen molar-refractivity contribution in [3.63, 3.8) is 0 Å². The van der Waals surface area contributed by atoms with Gasteiger partial charge in [-0.3, -0.25) is 13.8 Å². The average molecular weight is 487 g/mol. The van der Waals surface area contributed by atoms with Crippen LogP contribution in [0.25, 0.3) is 11.2 Å². The molecule has 4 heterocycles. The molecule has 2 saturated carbocycles. The third-order valence-corrected chi connectivity index (χ3v) is 9.21. The van der Waals surface area contributed by atoms with Gasteiger partial charge in [-0.05, 0) is 38.5 Å². The predicted octanol–water partition coefficient (Wildman–Crippen LogP) is 2.04. The molecule has 0 unspecified atom stereocenters. The zero-order valence-corrected chi connectivity index (χ0v) is 20.1. The Morgan fingerprint density at radius 1 is 0.971 bits per heavy atom. The van der Waals surface area contributed by atoms with E-state index in [1.54, 1.807) is 13.2 Å². The number of hydrogen-bond acceptors (Lipinski definition) is 7. The number of fused-ring (bicyclic) bond motifs is 1. The molecule has 0 radical (unpaired) electrons. The molecule has 0 amide bonds. The minimum Gasteiger partial charge on any atom is -0.351 e. The van der Waals surface area contributed by atoms with Crippen LogP contribution in [0.1, 0.15) is 63.5 Å². The fourth-order valence-electron chi connectivity index (χ4n) is 5.37. The van der Waals surface area contributed by atoms with E-state index in [0.717, 1.165) is 49.7 Å². The van der Waals surface area contributed by atoms with Crippen molar-refractivity contribution < 1.29 is 8.42 Å². The fraction of sp³-hybridized carbons (Fsp3) is 0.636. The van der Waals surface area contributed by atoms with Crippen LogP contribution in [0.4, 0.5) is 5.95 Å². The van der Waals surface area contributed by atoms with E-state index >= 15 is 0 Å². The van der Waals surface area contributed by atoms with Gasteiger partial charge in [-0.15, -0.1) is 0 Å². The maximum atomic E-state index is 13.3. The van der Waals surface area contributed by atoms with Crippen LogP contribution in [-0.2, 0) is 17.1 Å². The molecule has 2 aliphatic carbocycles. The summed E-state index contributed by atoms with van der Waals surface area (Å²) in [5.41, 5.74) is 1.59. The van der Waals surface area contributed by atoms with Crippen LogP contribution in [0.5, 0.6) is 0 Å². The first-order chi connectivity index (χ1) is 16.4. The van der Waals surface area contributed by atoms with Crippen LogP contribution >= 0.6 is 0 Å². The molecule has 0 bridgehead atoms. The Balaban J connectivity index is 1.21. The van der Waals surface area contributed by atoms with Gasteiger partial charge in [0.05, 0.1) is 12.4 Å². The van der Waals surface area contributed by atoms with E-state index in [1.807, 2.05) is 9.13 Å². The third-order valence-electron chi connectivity index (χ3n) is 7.36. The van der Waals surface area contributed by atoms with Crippen LogP contribution in [0, 0.1) is 0 Å². The molecule has 1 saturated heterocycles. The number of hydrogen-bond donors (Lipinski definition) is 1. The van der Waals surface area contributed by atoms with E-state index in [2.05, 4.69) is 15.4 Å².